The Kier molecular flexibility index (Phi) is 8.58. The van der Waals surface area contributed by atoms with E-state index in [0.717, 1.165) is 18.9 Å². The summed E-state index contributed by atoms with van der Waals surface area (Å²) in [6, 6.07) is 0. The highest BCUT2D eigenvalue weighted by molar-refractivity contribution is 6.01. The van der Waals surface area contributed by atoms with Crippen LogP contribution in [-0.2, 0) is 28.6 Å². The molecule has 0 aromatic carbocycles. The van der Waals surface area contributed by atoms with Crippen LogP contribution in [-0.4, -0.2) is 65.6 Å². The molecule has 0 heterocycles. The van der Waals surface area contributed by atoms with Gasteiger partial charge >= 0.3 is 12.1 Å². The van der Waals surface area contributed by atoms with Crippen molar-refractivity contribution in [1.29, 1.82) is 0 Å². The molecular formula is C31H42F2O8. The Balaban J connectivity index is 1.76. The minimum absolute atomic E-state index is 0.00169. The van der Waals surface area contributed by atoms with Crippen molar-refractivity contribution in [2.24, 2.45) is 28.6 Å². The van der Waals surface area contributed by atoms with Gasteiger partial charge in [0.2, 0.25) is 5.78 Å². The summed E-state index contributed by atoms with van der Waals surface area (Å²) in [6.45, 7) is 7.84. The molecule has 10 heteroatoms. The third-order valence-electron chi connectivity index (χ3n) is 10.4. The van der Waals surface area contributed by atoms with Gasteiger partial charge < -0.3 is 19.3 Å². The summed E-state index contributed by atoms with van der Waals surface area (Å²) in [5.41, 5.74) is -7.19. The molecule has 0 spiro atoms. The van der Waals surface area contributed by atoms with Crippen molar-refractivity contribution in [2.75, 3.05) is 13.2 Å². The molecule has 3 saturated carbocycles. The highest BCUT2D eigenvalue weighted by Crippen LogP contribution is 2.71. The summed E-state index contributed by atoms with van der Waals surface area (Å²) in [6.07, 6.45) is 1.22. The molecule has 0 aliphatic heterocycles. The minimum Gasteiger partial charge on any atom is -0.457 e. The number of aliphatic hydroxyl groups excluding tert-OH is 1. The monoisotopic (exact) mass is 580 g/mol. The van der Waals surface area contributed by atoms with E-state index in [1.54, 1.807) is 20.8 Å². The number of carbonyl (C=O) groups excluding carboxylic acids is 4. The van der Waals surface area contributed by atoms with Crippen LogP contribution in [0.15, 0.2) is 23.8 Å². The van der Waals surface area contributed by atoms with Crippen molar-refractivity contribution >= 4 is 23.7 Å². The lowest BCUT2D eigenvalue weighted by molar-refractivity contribution is -0.226. The van der Waals surface area contributed by atoms with Crippen molar-refractivity contribution < 1.29 is 47.3 Å². The smallest absolute Gasteiger partial charge is 0.457 e. The van der Waals surface area contributed by atoms with Crippen molar-refractivity contribution in [3.05, 3.63) is 23.8 Å². The van der Waals surface area contributed by atoms with Crippen LogP contribution >= 0.6 is 0 Å². The first kappa shape index (κ1) is 31.3. The molecule has 4 rings (SSSR count). The average molecular weight is 581 g/mol. The summed E-state index contributed by atoms with van der Waals surface area (Å²) < 4.78 is 49.7. The molecule has 0 radical (unpaired) electrons. The summed E-state index contributed by atoms with van der Waals surface area (Å²) in [5, 5.41) is 11.6. The molecule has 41 heavy (non-hydrogen) atoms. The predicted molar refractivity (Wildman–Crippen MR) is 144 cm³/mol. The van der Waals surface area contributed by atoms with Gasteiger partial charge in [0.25, 0.3) is 0 Å². The number of halogens is 2. The molecule has 0 amide bonds. The first-order valence-corrected chi connectivity index (χ1v) is 14.7. The van der Waals surface area contributed by atoms with Crippen LogP contribution in [0.5, 0.6) is 0 Å². The van der Waals surface area contributed by atoms with Crippen LogP contribution in [0.1, 0.15) is 79.6 Å². The molecule has 228 valence electrons. The van der Waals surface area contributed by atoms with Gasteiger partial charge in [0.05, 0.1) is 12.7 Å². The van der Waals surface area contributed by atoms with Crippen LogP contribution in [0.2, 0.25) is 0 Å². The number of hydrogen-bond acceptors (Lipinski definition) is 8. The maximum Gasteiger partial charge on any atom is 0.509 e. The number of carbonyl (C=O) groups is 4. The Labute approximate surface area is 239 Å². The molecule has 4 aliphatic rings. The number of Topliss-reactive ketones (excluding diaryl/α,β-unsaturated/α-hetero) is 1. The molecule has 0 aromatic heterocycles. The zero-order valence-electron chi connectivity index (χ0n) is 24.5. The van der Waals surface area contributed by atoms with Crippen LogP contribution in [0.4, 0.5) is 13.6 Å². The van der Waals surface area contributed by atoms with Gasteiger partial charge in [-0.15, -0.1) is 0 Å². The number of allylic oxidation sites excluding steroid dienone is 4. The van der Waals surface area contributed by atoms with Gasteiger partial charge in [0.15, 0.2) is 23.7 Å². The highest BCUT2D eigenvalue weighted by atomic mass is 19.1. The molecule has 0 bridgehead atoms. The van der Waals surface area contributed by atoms with E-state index in [4.69, 9.17) is 14.2 Å². The van der Waals surface area contributed by atoms with E-state index in [0.29, 0.717) is 6.42 Å². The van der Waals surface area contributed by atoms with Gasteiger partial charge in [-0.05, 0) is 56.3 Å². The number of fused-ring (bicyclic) bond motifs is 5. The lowest BCUT2D eigenvalue weighted by atomic mass is 9.44. The first-order valence-electron chi connectivity index (χ1n) is 14.7. The summed E-state index contributed by atoms with van der Waals surface area (Å²) in [4.78, 5) is 51.0. The second-order valence-corrected chi connectivity index (χ2v) is 12.6. The molecule has 0 aromatic rings. The van der Waals surface area contributed by atoms with Crippen LogP contribution in [0.3, 0.4) is 0 Å². The number of hydrogen-bond donors (Lipinski definition) is 1. The fourth-order valence-corrected chi connectivity index (χ4v) is 8.42. The maximum atomic E-state index is 17.5. The Morgan fingerprint density at radius 2 is 1.80 bits per heavy atom. The van der Waals surface area contributed by atoms with Gasteiger partial charge in [-0.1, -0.05) is 46.6 Å². The topological polar surface area (TPSA) is 116 Å². The quantitative estimate of drug-likeness (QED) is 0.294. The van der Waals surface area contributed by atoms with E-state index in [1.165, 1.54) is 19.1 Å². The zero-order chi connectivity index (χ0) is 30.4. The fraction of sp³-hybridized carbons (Fsp3) is 0.742. The van der Waals surface area contributed by atoms with Crippen molar-refractivity contribution in [3.8, 4) is 0 Å². The second kappa shape index (κ2) is 11.2. The maximum absolute atomic E-state index is 17.5. The van der Waals surface area contributed by atoms with E-state index >= 15 is 8.78 Å². The highest BCUT2D eigenvalue weighted by Gasteiger charge is 2.78. The van der Waals surface area contributed by atoms with E-state index < -0.39 is 82.4 Å². The van der Waals surface area contributed by atoms with Gasteiger partial charge in [-0.25, -0.2) is 13.6 Å². The number of rotatable bonds is 9. The Morgan fingerprint density at radius 1 is 1.10 bits per heavy atom. The van der Waals surface area contributed by atoms with E-state index in [-0.39, 0.29) is 37.9 Å². The molecule has 0 unspecified atom stereocenters. The molecule has 3 fully saturated rings. The largest absolute Gasteiger partial charge is 0.509 e. The van der Waals surface area contributed by atoms with Gasteiger partial charge in [0.1, 0.15) is 6.17 Å². The summed E-state index contributed by atoms with van der Waals surface area (Å²) in [7, 11) is 0. The van der Waals surface area contributed by atoms with E-state index in [2.05, 4.69) is 0 Å². The van der Waals surface area contributed by atoms with Crippen LogP contribution in [0.25, 0.3) is 0 Å². The van der Waals surface area contributed by atoms with Crippen molar-refractivity contribution in [1.82, 2.24) is 0 Å². The molecule has 1 N–H and O–H groups in total. The lowest BCUT2D eigenvalue weighted by Crippen LogP contribution is -2.71. The first-order chi connectivity index (χ1) is 19.2. The molecular weight excluding hydrogens is 538 g/mol. The van der Waals surface area contributed by atoms with Gasteiger partial charge in [-0.3, -0.25) is 14.4 Å². The van der Waals surface area contributed by atoms with Crippen molar-refractivity contribution in [2.45, 2.75) is 103 Å². The normalized spacial score (nSPS) is 41.0. The number of alkyl halides is 2. The average Bonchev–Trinajstić information content (AvgIpc) is 3.14. The predicted octanol–water partition coefficient (Wildman–Crippen LogP) is 5.16. The standard InChI is InChI=1S/C31H42F2O8/c1-6-8-9-12-39-27(38)41-31(25(36)17-40-26(37)7-2)18(3)13-20-21-15-23(32)22-14-19(34)10-11-28(22,4)30(21,33)24(35)16-29(20,31)5/h10-11,14,18,20-21,23-24,35H,6-9,12-13,15-17H2,1-5H3/t18-,20+,21+,23+,24+,28+,29+,30+,31+/m1/s1. The number of unbranched alkanes of at least 4 members (excludes halogenated alkanes) is 2. The Hall–Kier alpha value is -2.62. The fourth-order valence-electron chi connectivity index (χ4n) is 8.42. The van der Waals surface area contributed by atoms with E-state index in [9.17, 15) is 24.3 Å². The summed E-state index contributed by atoms with van der Waals surface area (Å²) >= 11 is 0. The van der Waals surface area contributed by atoms with Gasteiger partial charge in [0, 0.05) is 29.1 Å². The second-order valence-electron chi connectivity index (χ2n) is 12.6. The molecule has 4 aliphatic carbocycles. The molecule has 0 saturated heterocycles. The molecule has 8 nitrogen and oxygen atoms in total. The third kappa shape index (κ3) is 4.64. The van der Waals surface area contributed by atoms with Crippen LogP contribution in [0, 0.1) is 28.6 Å². The SMILES string of the molecule is CCCCCOC(=O)O[C@]1(C(=O)COC(=O)CC)[C@H](C)C[C@H]2[C@@H]3C[C@H](F)C4=CC(=O)C=C[C@]4(C)[C@@]3(F)[C@@H](O)C[C@@]21C. The summed E-state index contributed by atoms with van der Waals surface area (Å²) in [5.74, 6) is -4.19. The number of esters is 1. The lowest BCUT2D eigenvalue weighted by Gasteiger charge is -2.63. The van der Waals surface area contributed by atoms with Crippen LogP contribution < -0.4 is 0 Å². The Morgan fingerprint density at radius 3 is 2.46 bits per heavy atom. The number of ether oxygens (including phenoxy) is 3. The Bertz CT molecular complexity index is 1150. The number of aliphatic hydroxyl groups is 1. The van der Waals surface area contributed by atoms with Crippen molar-refractivity contribution in [3.63, 3.8) is 0 Å². The zero-order valence-corrected chi connectivity index (χ0v) is 24.5. The minimum atomic E-state index is -2.35. The number of ketones is 2. The van der Waals surface area contributed by atoms with E-state index in [1.807, 2.05) is 6.92 Å². The molecule has 9 atom stereocenters. The van der Waals surface area contributed by atoms with Gasteiger partial charge in [-0.2, -0.15) is 0 Å². The third-order valence-corrected chi connectivity index (χ3v) is 10.4.